The Bertz CT molecular complexity index is 1020. The molecule has 1 aliphatic carbocycles. The van der Waals surface area contributed by atoms with Crippen molar-refractivity contribution < 1.29 is 9.53 Å². The van der Waals surface area contributed by atoms with E-state index in [1.165, 1.54) is 11.3 Å². The summed E-state index contributed by atoms with van der Waals surface area (Å²) in [6.07, 6.45) is 4.56. The maximum absolute atomic E-state index is 12.5. The van der Waals surface area contributed by atoms with Crippen LogP contribution in [0.5, 0.6) is 0 Å². The smallest absolute Gasteiger partial charge is 0.306 e. The predicted molar refractivity (Wildman–Crippen MR) is 106 cm³/mol. The predicted octanol–water partition coefficient (Wildman–Crippen LogP) is 4.10. The van der Waals surface area contributed by atoms with Gasteiger partial charge in [0, 0.05) is 4.88 Å². The Balaban J connectivity index is 1.44. The number of rotatable bonds is 5. The first-order chi connectivity index (χ1) is 13.1. The molecule has 1 aromatic carbocycles. The van der Waals surface area contributed by atoms with E-state index in [0.717, 1.165) is 40.6 Å². The largest absolute Gasteiger partial charge is 0.457 e. The van der Waals surface area contributed by atoms with Gasteiger partial charge in [0.05, 0.1) is 11.8 Å². The molecule has 4 rings (SSSR count). The molecule has 27 heavy (non-hydrogen) atoms. The summed E-state index contributed by atoms with van der Waals surface area (Å²) in [6, 6.07) is 9.88. The van der Waals surface area contributed by atoms with Crippen LogP contribution in [0.25, 0.3) is 10.2 Å². The zero-order valence-corrected chi connectivity index (χ0v) is 16.1. The van der Waals surface area contributed by atoms with Gasteiger partial charge in [-0.15, -0.1) is 11.3 Å². The number of benzene rings is 1. The number of aryl methyl sites for hydroxylation is 2. The number of H-pyrrole nitrogens is 1. The number of hydrogen-bond acceptors (Lipinski definition) is 5. The van der Waals surface area contributed by atoms with E-state index in [1.54, 1.807) is 11.3 Å². The summed E-state index contributed by atoms with van der Waals surface area (Å²) in [5.41, 5.74) is 2.14. The molecular formula is C21H22N2O3S. The Morgan fingerprint density at radius 1 is 1.26 bits per heavy atom. The summed E-state index contributed by atoms with van der Waals surface area (Å²) in [6.45, 7) is 1.99. The summed E-state index contributed by atoms with van der Waals surface area (Å²) >= 11 is 1.60. The Labute approximate surface area is 161 Å². The highest BCUT2D eigenvalue weighted by Crippen LogP contribution is 2.33. The second-order valence-electron chi connectivity index (χ2n) is 7.08. The van der Waals surface area contributed by atoms with Crippen molar-refractivity contribution >= 4 is 27.5 Å². The van der Waals surface area contributed by atoms with Crippen LogP contribution in [0, 0.1) is 0 Å². The molecule has 0 spiro atoms. The van der Waals surface area contributed by atoms with Gasteiger partial charge in [-0.05, 0) is 42.7 Å². The van der Waals surface area contributed by atoms with Gasteiger partial charge < -0.3 is 9.72 Å². The number of aromatic nitrogens is 2. The Morgan fingerprint density at radius 3 is 2.85 bits per heavy atom. The zero-order chi connectivity index (χ0) is 18.8. The molecule has 0 bridgehead atoms. The van der Waals surface area contributed by atoms with Gasteiger partial charge in [0.1, 0.15) is 17.3 Å². The van der Waals surface area contributed by atoms with Crippen molar-refractivity contribution in [1.82, 2.24) is 9.97 Å². The third-order valence-corrected chi connectivity index (χ3v) is 6.27. The number of thiophene rings is 1. The Morgan fingerprint density at radius 2 is 2.04 bits per heavy atom. The highest BCUT2D eigenvalue weighted by atomic mass is 32.1. The molecule has 0 saturated carbocycles. The average molecular weight is 382 g/mol. The van der Waals surface area contributed by atoms with Crippen LogP contribution < -0.4 is 5.56 Å². The van der Waals surface area contributed by atoms with Crippen LogP contribution in [-0.2, 0) is 29.0 Å². The van der Waals surface area contributed by atoms with Crippen LogP contribution in [0.1, 0.15) is 53.9 Å². The van der Waals surface area contributed by atoms with Crippen molar-refractivity contribution in [3.05, 3.63) is 62.5 Å². The lowest BCUT2D eigenvalue weighted by Gasteiger charge is -2.11. The molecule has 1 atom stereocenters. The van der Waals surface area contributed by atoms with Gasteiger partial charge in [-0.1, -0.05) is 37.3 Å². The first-order valence-electron chi connectivity index (χ1n) is 9.36. The van der Waals surface area contributed by atoms with Crippen LogP contribution >= 0.6 is 11.3 Å². The molecule has 0 amide bonds. The SMILES string of the molecule is C[C@@H](CC(=O)OCc1nc2sc3c(c2c(=O)[nH]1)CCCC3)c1ccccc1. The second-order valence-corrected chi connectivity index (χ2v) is 8.16. The molecule has 6 heteroatoms. The first-order valence-corrected chi connectivity index (χ1v) is 10.2. The Hall–Kier alpha value is -2.47. The molecule has 0 unspecified atom stereocenters. The van der Waals surface area contributed by atoms with E-state index < -0.39 is 0 Å². The van der Waals surface area contributed by atoms with Crippen LogP contribution in [0.4, 0.5) is 0 Å². The van der Waals surface area contributed by atoms with Gasteiger partial charge in [-0.25, -0.2) is 4.98 Å². The minimum atomic E-state index is -0.292. The molecular weight excluding hydrogens is 360 g/mol. The van der Waals surface area contributed by atoms with E-state index >= 15 is 0 Å². The summed E-state index contributed by atoms with van der Waals surface area (Å²) < 4.78 is 5.36. The summed E-state index contributed by atoms with van der Waals surface area (Å²) in [4.78, 5) is 34.0. The van der Waals surface area contributed by atoms with E-state index in [0.29, 0.717) is 12.2 Å². The van der Waals surface area contributed by atoms with Crippen molar-refractivity contribution in [2.24, 2.45) is 0 Å². The number of carbonyl (C=O) groups excluding carboxylic acids is 1. The van der Waals surface area contributed by atoms with E-state index in [4.69, 9.17) is 4.74 Å². The fourth-order valence-electron chi connectivity index (χ4n) is 3.63. The van der Waals surface area contributed by atoms with E-state index in [-0.39, 0.29) is 24.1 Å². The van der Waals surface area contributed by atoms with Crippen molar-refractivity contribution in [2.75, 3.05) is 0 Å². The van der Waals surface area contributed by atoms with Gasteiger partial charge in [-0.2, -0.15) is 0 Å². The topological polar surface area (TPSA) is 72.0 Å². The lowest BCUT2D eigenvalue weighted by atomic mass is 9.97. The third-order valence-electron chi connectivity index (χ3n) is 5.09. The number of ether oxygens (including phenoxy) is 1. The molecule has 140 valence electrons. The Kier molecular flexibility index (Phi) is 5.07. The number of carbonyl (C=O) groups is 1. The summed E-state index contributed by atoms with van der Waals surface area (Å²) in [7, 11) is 0. The van der Waals surface area contributed by atoms with Crippen molar-refractivity contribution in [3.8, 4) is 0 Å². The van der Waals surface area contributed by atoms with Gasteiger partial charge in [0.25, 0.3) is 5.56 Å². The molecule has 2 aromatic heterocycles. The number of esters is 1. The molecule has 5 nitrogen and oxygen atoms in total. The van der Waals surface area contributed by atoms with Crippen molar-refractivity contribution in [3.63, 3.8) is 0 Å². The van der Waals surface area contributed by atoms with Crippen LogP contribution in [0.3, 0.4) is 0 Å². The number of fused-ring (bicyclic) bond motifs is 3. The third kappa shape index (κ3) is 3.81. The minimum absolute atomic E-state index is 0.00586. The van der Waals surface area contributed by atoms with Gasteiger partial charge >= 0.3 is 5.97 Å². The average Bonchev–Trinajstić information content (AvgIpc) is 3.06. The highest BCUT2D eigenvalue weighted by Gasteiger charge is 2.20. The van der Waals surface area contributed by atoms with Gasteiger partial charge in [0.15, 0.2) is 0 Å². The number of nitrogens with one attached hydrogen (secondary N) is 1. The maximum Gasteiger partial charge on any atom is 0.306 e. The highest BCUT2D eigenvalue weighted by molar-refractivity contribution is 7.18. The van der Waals surface area contributed by atoms with Crippen LogP contribution in [-0.4, -0.2) is 15.9 Å². The molecule has 2 heterocycles. The monoisotopic (exact) mass is 382 g/mol. The standard InChI is InChI=1S/C21H22N2O3S/c1-13(14-7-3-2-4-8-14)11-18(24)26-12-17-22-20(25)19-15-9-5-6-10-16(15)27-21(19)23-17/h2-4,7-8,13H,5-6,9-12H2,1H3,(H,22,23,25)/t13-/m0/s1. The maximum atomic E-state index is 12.5. The molecule has 1 aliphatic rings. The zero-order valence-electron chi connectivity index (χ0n) is 15.3. The summed E-state index contributed by atoms with van der Waals surface area (Å²) in [5.74, 6) is 0.198. The molecule has 1 N–H and O–H groups in total. The van der Waals surface area contributed by atoms with E-state index in [1.807, 2.05) is 37.3 Å². The van der Waals surface area contributed by atoms with Crippen LogP contribution in [0.15, 0.2) is 35.1 Å². The molecule has 0 saturated heterocycles. The minimum Gasteiger partial charge on any atom is -0.457 e. The quantitative estimate of drug-likeness (QED) is 0.674. The van der Waals surface area contributed by atoms with E-state index in [9.17, 15) is 9.59 Å². The summed E-state index contributed by atoms with van der Waals surface area (Å²) in [5, 5.41) is 0.725. The molecule has 3 aromatic rings. The van der Waals surface area contributed by atoms with Crippen molar-refractivity contribution in [1.29, 1.82) is 0 Å². The van der Waals surface area contributed by atoms with Gasteiger partial charge in [0.2, 0.25) is 0 Å². The van der Waals surface area contributed by atoms with Crippen molar-refractivity contribution in [2.45, 2.75) is 51.6 Å². The second kappa shape index (κ2) is 7.64. The fourth-order valence-corrected chi connectivity index (χ4v) is 4.91. The lowest BCUT2D eigenvalue weighted by molar-refractivity contribution is -0.145. The number of aromatic amines is 1. The molecule has 0 radical (unpaired) electrons. The fraction of sp³-hybridized carbons (Fsp3) is 0.381. The number of nitrogens with zero attached hydrogens (tertiary/aromatic N) is 1. The molecule has 0 fully saturated rings. The first kappa shape index (κ1) is 17.9. The normalized spacial score (nSPS) is 14.7. The van der Waals surface area contributed by atoms with Gasteiger partial charge in [-0.3, -0.25) is 9.59 Å². The number of hydrogen-bond donors (Lipinski definition) is 1. The van der Waals surface area contributed by atoms with Crippen LogP contribution in [0.2, 0.25) is 0 Å². The van der Waals surface area contributed by atoms with E-state index in [2.05, 4.69) is 9.97 Å². The lowest BCUT2D eigenvalue weighted by Crippen LogP contribution is -2.15. The molecule has 0 aliphatic heterocycles.